The third kappa shape index (κ3) is 0.865. The highest BCUT2D eigenvalue weighted by molar-refractivity contribution is 6.03. The van der Waals surface area contributed by atoms with Gasteiger partial charge >= 0.3 is 0 Å². The number of hydrogen-bond acceptors (Lipinski definition) is 3. The molecule has 2 heterocycles. The van der Waals surface area contributed by atoms with E-state index < -0.39 is 0 Å². The first kappa shape index (κ1) is 7.50. The van der Waals surface area contributed by atoms with E-state index >= 15 is 0 Å². The zero-order valence-corrected chi connectivity index (χ0v) is 7.69. The zero-order valence-electron chi connectivity index (χ0n) is 7.69. The maximum absolute atomic E-state index is 5.61. The van der Waals surface area contributed by atoms with Crippen LogP contribution >= 0.6 is 0 Å². The van der Waals surface area contributed by atoms with Crippen molar-refractivity contribution in [2.45, 2.75) is 6.92 Å². The van der Waals surface area contributed by atoms with E-state index in [1.165, 1.54) is 5.56 Å². The maximum Gasteiger partial charge on any atom is 0.172 e. The summed E-state index contributed by atoms with van der Waals surface area (Å²) in [6.07, 6.45) is 3.24. The first-order valence-electron chi connectivity index (χ1n) is 4.44. The van der Waals surface area contributed by atoms with E-state index in [2.05, 4.69) is 23.0 Å². The van der Waals surface area contributed by atoms with Crippen molar-refractivity contribution in [3.05, 3.63) is 36.3 Å². The van der Waals surface area contributed by atoms with Crippen molar-refractivity contribution in [1.82, 2.24) is 9.97 Å². The van der Waals surface area contributed by atoms with Crippen molar-refractivity contribution in [2.24, 2.45) is 0 Å². The largest absolute Gasteiger partial charge is 0.453 e. The molecule has 3 aromatic rings. The molecule has 0 atom stereocenters. The minimum absolute atomic E-state index is 0.747. The second-order valence-corrected chi connectivity index (χ2v) is 3.29. The summed E-state index contributed by atoms with van der Waals surface area (Å²) in [6, 6.07) is 5.98. The number of aromatic nitrogens is 2. The van der Waals surface area contributed by atoms with Gasteiger partial charge in [0.05, 0.1) is 6.20 Å². The van der Waals surface area contributed by atoms with E-state index in [4.69, 9.17) is 4.42 Å². The Morgan fingerprint density at radius 2 is 2.14 bits per heavy atom. The van der Waals surface area contributed by atoms with Gasteiger partial charge in [0, 0.05) is 5.39 Å². The van der Waals surface area contributed by atoms with Crippen LogP contribution in [0.2, 0.25) is 0 Å². The van der Waals surface area contributed by atoms with Gasteiger partial charge in [0.2, 0.25) is 0 Å². The molecule has 0 aliphatic heterocycles. The lowest BCUT2D eigenvalue weighted by Gasteiger charge is -1.92. The fourth-order valence-corrected chi connectivity index (χ4v) is 1.73. The van der Waals surface area contributed by atoms with Crippen LogP contribution in [0, 0.1) is 6.92 Å². The molecule has 0 aliphatic rings. The lowest BCUT2D eigenvalue weighted by Crippen LogP contribution is -1.77. The minimum Gasteiger partial charge on any atom is -0.453 e. The summed E-state index contributed by atoms with van der Waals surface area (Å²) < 4.78 is 5.61. The van der Waals surface area contributed by atoms with Gasteiger partial charge in [-0.25, -0.2) is 9.97 Å². The van der Waals surface area contributed by atoms with Crippen LogP contribution in [0.5, 0.6) is 0 Å². The Morgan fingerprint density at radius 1 is 1.21 bits per heavy atom. The predicted octanol–water partition coefficient (Wildman–Crippen LogP) is 2.68. The minimum atomic E-state index is 0.747. The van der Waals surface area contributed by atoms with Crippen molar-refractivity contribution >= 4 is 22.1 Å². The lowest BCUT2D eigenvalue weighted by molar-refractivity contribution is 0.665. The quantitative estimate of drug-likeness (QED) is 0.539. The Bertz CT molecular complexity index is 613. The van der Waals surface area contributed by atoms with Gasteiger partial charge in [-0.1, -0.05) is 12.1 Å². The molecule has 0 spiro atoms. The fourth-order valence-electron chi connectivity index (χ4n) is 1.73. The molecule has 0 N–H and O–H groups in total. The third-order valence-corrected chi connectivity index (χ3v) is 2.37. The fraction of sp³-hybridized carbons (Fsp3) is 0.0909. The molecule has 3 heteroatoms. The summed E-state index contributed by atoms with van der Waals surface area (Å²) in [7, 11) is 0. The Hall–Kier alpha value is -1.90. The second-order valence-electron chi connectivity index (χ2n) is 3.29. The number of nitrogens with zero attached hydrogens (tertiary/aromatic N) is 2. The van der Waals surface area contributed by atoms with Crippen LogP contribution in [0.1, 0.15) is 5.56 Å². The Morgan fingerprint density at radius 3 is 3.07 bits per heavy atom. The van der Waals surface area contributed by atoms with Crippen LogP contribution in [0.25, 0.3) is 22.1 Å². The van der Waals surface area contributed by atoms with Crippen LogP contribution in [0.15, 0.2) is 35.1 Å². The van der Waals surface area contributed by atoms with E-state index in [1.54, 1.807) is 12.5 Å². The van der Waals surface area contributed by atoms with Gasteiger partial charge in [-0.05, 0) is 18.6 Å². The van der Waals surface area contributed by atoms with E-state index in [0.717, 1.165) is 22.1 Å². The topological polar surface area (TPSA) is 38.9 Å². The van der Waals surface area contributed by atoms with Crippen molar-refractivity contribution in [1.29, 1.82) is 0 Å². The number of hydrogen-bond donors (Lipinski definition) is 0. The van der Waals surface area contributed by atoms with Gasteiger partial charge in [0.15, 0.2) is 5.58 Å². The van der Waals surface area contributed by atoms with Gasteiger partial charge in [0.25, 0.3) is 0 Å². The SMILES string of the molecule is Cc1cccc2oc3cncnc3c12. The number of fused-ring (bicyclic) bond motifs is 3. The maximum atomic E-state index is 5.61. The van der Waals surface area contributed by atoms with Gasteiger partial charge < -0.3 is 4.42 Å². The Balaban J connectivity index is 2.65. The van der Waals surface area contributed by atoms with Crippen molar-refractivity contribution in [2.75, 3.05) is 0 Å². The van der Waals surface area contributed by atoms with Crippen molar-refractivity contribution < 1.29 is 4.42 Å². The molecular weight excluding hydrogens is 176 g/mol. The number of benzene rings is 1. The molecular formula is C11H8N2O. The van der Waals surface area contributed by atoms with Gasteiger partial charge in [-0.2, -0.15) is 0 Å². The number of aryl methyl sites for hydroxylation is 1. The molecule has 0 bridgehead atoms. The van der Waals surface area contributed by atoms with Gasteiger partial charge in [-0.3, -0.25) is 0 Å². The van der Waals surface area contributed by atoms with Gasteiger partial charge in [-0.15, -0.1) is 0 Å². The summed E-state index contributed by atoms with van der Waals surface area (Å²) in [6.45, 7) is 2.05. The molecule has 3 rings (SSSR count). The molecule has 68 valence electrons. The molecule has 0 fully saturated rings. The third-order valence-electron chi connectivity index (χ3n) is 2.37. The summed E-state index contributed by atoms with van der Waals surface area (Å²) in [5, 5.41) is 1.09. The van der Waals surface area contributed by atoms with Crippen LogP contribution in [-0.2, 0) is 0 Å². The van der Waals surface area contributed by atoms with Crippen LogP contribution < -0.4 is 0 Å². The van der Waals surface area contributed by atoms with Crippen molar-refractivity contribution in [3.63, 3.8) is 0 Å². The Kier molecular flexibility index (Phi) is 1.36. The lowest BCUT2D eigenvalue weighted by atomic mass is 10.1. The van der Waals surface area contributed by atoms with Crippen molar-refractivity contribution in [3.8, 4) is 0 Å². The first-order valence-corrected chi connectivity index (χ1v) is 4.44. The zero-order chi connectivity index (χ0) is 9.54. The van der Waals surface area contributed by atoms with E-state index in [-0.39, 0.29) is 0 Å². The summed E-state index contributed by atoms with van der Waals surface area (Å²) in [5.41, 5.74) is 3.70. The molecule has 0 saturated heterocycles. The molecule has 0 saturated carbocycles. The van der Waals surface area contributed by atoms with Gasteiger partial charge in [0.1, 0.15) is 17.4 Å². The summed E-state index contributed by atoms with van der Waals surface area (Å²) in [5.74, 6) is 0. The summed E-state index contributed by atoms with van der Waals surface area (Å²) in [4.78, 5) is 8.16. The monoisotopic (exact) mass is 184 g/mol. The molecule has 0 radical (unpaired) electrons. The predicted molar refractivity (Wildman–Crippen MR) is 54.0 cm³/mol. The Labute approximate surface area is 80.4 Å². The summed E-state index contributed by atoms with van der Waals surface area (Å²) >= 11 is 0. The molecule has 3 nitrogen and oxygen atoms in total. The first-order chi connectivity index (χ1) is 6.86. The normalized spacial score (nSPS) is 11.2. The van der Waals surface area contributed by atoms with Crippen LogP contribution in [0.4, 0.5) is 0 Å². The molecule has 0 amide bonds. The molecule has 1 aromatic carbocycles. The van der Waals surface area contributed by atoms with E-state index in [1.807, 2.05) is 12.1 Å². The number of rotatable bonds is 0. The van der Waals surface area contributed by atoms with Crippen LogP contribution in [0.3, 0.4) is 0 Å². The molecule has 0 aliphatic carbocycles. The number of furan rings is 1. The standard InChI is InChI=1S/C11H8N2O/c1-7-3-2-4-8-10(7)11-9(14-8)5-12-6-13-11/h2-6H,1H3. The average molecular weight is 184 g/mol. The molecule has 0 unspecified atom stereocenters. The molecule has 14 heavy (non-hydrogen) atoms. The smallest absolute Gasteiger partial charge is 0.172 e. The highest BCUT2D eigenvalue weighted by Gasteiger charge is 2.08. The highest BCUT2D eigenvalue weighted by atomic mass is 16.3. The van der Waals surface area contributed by atoms with Crippen LogP contribution in [-0.4, -0.2) is 9.97 Å². The second kappa shape index (κ2) is 2.54. The average Bonchev–Trinajstić information content (AvgIpc) is 2.57. The van der Waals surface area contributed by atoms with E-state index in [0.29, 0.717) is 0 Å². The highest BCUT2D eigenvalue weighted by Crippen LogP contribution is 2.28. The molecule has 2 aromatic heterocycles. The van der Waals surface area contributed by atoms with E-state index in [9.17, 15) is 0 Å².